The third kappa shape index (κ3) is 3.27. The number of benzene rings is 1. The maximum atomic E-state index is 13.9. The van der Waals surface area contributed by atoms with Gasteiger partial charge in [-0.1, -0.05) is 29.8 Å². The molecule has 1 aliphatic carbocycles. The zero-order valence-corrected chi connectivity index (χ0v) is 10.6. The van der Waals surface area contributed by atoms with Crippen LogP contribution >= 0.6 is 0 Å². The molecule has 1 aromatic carbocycles. The first-order valence-electron chi connectivity index (χ1n) is 6.41. The van der Waals surface area contributed by atoms with Crippen molar-refractivity contribution in [3.63, 3.8) is 0 Å². The highest BCUT2D eigenvalue weighted by atomic mass is 19.3. The van der Waals surface area contributed by atoms with Gasteiger partial charge in [-0.3, -0.25) is 0 Å². The number of alkyl halides is 2. The Morgan fingerprint density at radius 1 is 1.28 bits per heavy atom. The molecule has 3 N–H and O–H groups in total. The van der Waals surface area contributed by atoms with E-state index < -0.39 is 5.92 Å². The van der Waals surface area contributed by atoms with Crippen molar-refractivity contribution in [2.75, 3.05) is 6.54 Å². The molecule has 2 rings (SSSR count). The maximum absolute atomic E-state index is 13.9. The van der Waals surface area contributed by atoms with E-state index in [2.05, 4.69) is 5.32 Å². The van der Waals surface area contributed by atoms with Crippen LogP contribution in [0.15, 0.2) is 24.3 Å². The summed E-state index contributed by atoms with van der Waals surface area (Å²) in [7, 11) is 0. The average Bonchev–Trinajstić information content (AvgIpc) is 2.73. The molecule has 0 spiro atoms. The van der Waals surface area contributed by atoms with Gasteiger partial charge < -0.3 is 11.1 Å². The minimum absolute atomic E-state index is 0.0721. The number of hydrogen-bond acceptors (Lipinski definition) is 2. The Morgan fingerprint density at radius 3 is 2.50 bits per heavy atom. The van der Waals surface area contributed by atoms with E-state index in [0.29, 0.717) is 0 Å². The average molecular weight is 254 g/mol. The van der Waals surface area contributed by atoms with Gasteiger partial charge in [0.15, 0.2) is 0 Å². The first-order chi connectivity index (χ1) is 8.47. The van der Waals surface area contributed by atoms with Crippen molar-refractivity contribution in [1.82, 2.24) is 5.32 Å². The van der Waals surface area contributed by atoms with Crippen molar-refractivity contribution in [3.05, 3.63) is 35.4 Å². The fourth-order valence-corrected chi connectivity index (χ4v) is 2.37. The standard InChI is InChI=1S/C14H20F2N2/c1-10-2-4-11(5-3-10)14(15,16)9-18-13-7-6-12(17)8-13/h2-5,12-13,18H,6-9,17H2,1H3/t12-,13?/m0/s1. The van der Waals surface area contributed by atoms with E-state index in [-0.39, 0.29) is 24.2 Å². The monoisotopic (exact) mass is 254 g/mol. The second kappa shape index (κ2) is 5.33. The Hall–Kier alpha value is -1.00. The normalized spacial score (nSPS) is 24.4. The minimum Gasteiger partial charge on any atom is -0.328 e. The van der Waals surface area contributed by atoms with Gasteiger partial charge in [-0.05, 0) is 26.2 Å². The Morgan fingerprint density at radius 2 is 1.94 bits per heavy atom. The summed E-state index contributed by atoms with van der Waals surface area (Å²) >= 11 is 0. The number of nitrogens with two attached hydrogens (primary N) is 1. The first kappa shape index (κ1) is 13.4. The predicted molar refractivity (Wildman–Crippen MR) is 68.7 cm³/mol. The number of nitrogens with one attached hydrogen (secondary N) is 1. The molecule has 2 atom stereocenters. The molecule has 0 bridgehead atoms. The number of hydrogen-bond donors (Lipinski definition) is 2. The van der Waals surface area contributed by atoms with Crippen LogP contribution in [0.3, 0.4) is 0 Å². The summed E-state index contributed by atoms with van der Waals surface area (Å²) in [5, 5.41) is 2.94. The third-order valence-electron chi connectivity index (χ3n) is 3.56. The highest BCUT2D eigenvalue weighted by Gasteiger charge is 2.33. The molecule has 1 saturated carbocycles. The molecule has 0 saturated heterocycles. The van der Waals surface area contributed by atoms with E-state index in [1.165, 1.54) is 12.1 Å². The smallest absolute Gasteiger partial charge is 0.285 e. The summed E-state index contributed by atoms with van der Waals surface area (Å²) in [5.74, 6) is -2.82. The van der Waals surface area contributed by atoms with Crippen LogP contribution in [0, 0.1) is 6.92 Å². The SMILES string of the molecule is Cc1ccc(C(F)(F)CNC2CC[C@H](N)C2)cc1. The molecule has 1 unspecified atom stereocenters. The summed E-state index contributed by atoms with van der Waals surface area (Å²) in [5.41, 5.74) is 6.83. The fourth-order valence-electron chi connectivity index (χ4n) is 2.37. The van der Waals surface area contributed by atoms with Crippen LogP contribution in [0.4, 0.5) is 8.78 Å². The lowest BCUT2D eigenvalue weighted by Gasteiger charge is -2.20. The molecule has 0 amide bonds. The van der Waals surface area contributed by atoms with E-state index in [1.807, 2.05) is 6.92 Å². The summed E-state index contributed by atoms with van der Waals surface area (Å²) in [6, 6.07) is 6.73. The Kier molecular flexibility index (Phi) is 3.97. The van der Waals surface area contributed by atoms with Crippen LogP contribution in [0.2, 0.25) is 0 Å². The second-order valence-corrected chi connectivity index (χ2v) is 5.22. The van der Waals surface area contributed by atoms with E-state index in [9.17, 15) is 8.78 Å². The van der Waals surface area contributed by atoms with Crippen molar-refractivity contribution >= 4 is 0 Å². The lowest BCUT2D eigenvalue weighted by Crippen LogP contribution is -2.37. The molecule has 18 heavy (non-hydrogen) atoms. The van der Waals surface area contributed by atoms with Crippen molar-refractivity contribution in [1.29, 1.82) is 0 Å². The van der Waals surface area contributed by atoms with Gasteiger partial charge in [-0.25, -0.2) is 0 Å². The number of aryl methyl sites for hydroxylation is 1. The van der Waals surface area contributed by atoms with Gasteiger partial charge in [0.2, 0.25) is 0 Å². The van der Waals surface area contributed by atoms with E-state index >= 15 is 0 Å². The Balaban J connectivity index is 1.92. The molecular formula is C14H20F2N2. The van der Waals surface area contributed by atoms with E-state index in [4.69, 9.17) is 5.73 Å². The van der Waals surface area contributed by atoms with Gasteiger partial charge in [-0.2, -0.15) is 8.78 Å². The largest absolute Gasteiger partial charge is 0.328 e. The van der Waals surface area contributed by atoms with Crippen molar-refractivity contribution in [3.8, 4) is 0 Å². The molecule has 1 aliphatic rings. The zero-order valence-electron chi connectivity index (χ0n) is 10.6. The molecule has 0 heterocycles. The minimum atomic E-state index is -2.82. The molecule has 0 radical (unpaired) electrons. The van der Waals surface area contributed by atoms with Gasteiger partial charge in [0, 0.05) is 17.6 Å². The number of halogens is 2. The lowest BCUT2D eigenvalue weighted by atomic mass is 10.1. The highest BCUT2D eigenvalue weighted by molar-refractivity contribution is 5.25. The van der Waals surface area contributed by atoms with Crippen molar-refractivity contribution in [2.45, 2.75) is 44.2 Å². The van der Waals surface area contributed by atoms with Gasteiger partial charge in [0.05, 0.1) is 6.54 Å². The van der Waals surface area contributed by atoms with Gasteiger partial charge in [-0.15, -0.1) is 0 Å². The molecular weight excluding hydrogens is 234 g/mol. The van der Waals surface area contributed by atoms with E-state index in [0.717, 1.165) is 24.8 Å². The zero-order chi connectivity index (χ0) is 13.2. The van der Waals surface area contributed by atoms with Crippen LogP contribution < -0.4 is 11.1 Å². The molecule has 1 fully saturated rings. The van der Waals surface area contributed by atoms with Crippen LogP contribution in [0.25, 0.3) is 0 Å². The topological polar surface area (TPSA) is 38.0 Å². The lowest BCUT2D eigenvalue weighted by molar-refractivity contribution is -0.00560. The first-order valence-corrected chi connectivity index (χ1v) is 6.41. The molecule has 0 aromatic heterocycles. The third-order valence-corrected chi connectivity index (χ3v) is 3.56. The second-order valence-electron chi connectivity index (χ2n) is 5.22. The fraction of sp³-hybridized carbons (Fsp3) is 0.571. The Labute approximate surface area is 107 Å². The van der Waals surface area contributed by atoms with Crippen LogP contribution in [0.1, 0.15) is 30.4 Å². The highest BCUT2D eigenvalue weighted by Crippen LogP contribution is 2.28. The number of rotatable bonds is 4. The van der Waals surface area contributed by atoms with Gasteiger partial charge in [0.1, 0.15) is 0 Å². The van der Waals surface area contributed by atoms with Crippen molar-refractivity contribution in [2.24, 2.45) is 5.73 Å². The van der Waals surface area contributed by atoms with Gasteiger partial charge in [0.25, 0.3) is 5.92 Å². The summed E-state index contributed by atoms with van der Waals surface area (Å²) < 4.78 is 27.9. The van der Waals surface area contributed by atoms with Crippen LogP contribution in [-0.4, -0.2) is 18.6 Å². The quantitative estimate of drug-likeness (QED) is 0.866. The molecule has 2 nitrogen and oxygen atoms in total. The van der Waals surface area contributed by atoms with Crippen LogP contribution in [-0.2, 0) is 5.92 Å². The summed E-state index contributed by atoms with van der Waals surface area (Å²) in [4.78, 5) is 0. The summed E-state index contributed by atoms with van der Waals surface area (Å²) in [6.07, 6.45) is 2.61. The van der Waals surface area contributed by atoms with Crippen molar-refractivity contribution < 1.29 is 8.78 Å². The summed E-state index contributed by atoms with van der Waals surface area (Å²) in [6.45, 7) is 1.58. The predicted octanol–water partition coefficient (Wildman–Crippen LogP) is 2.56. The van der Waals surface area contributed by atoms with Crippen LogP contribution in [0.5, 0.6) is 0 Å². The molecule has 4 heteroatoms. The van der Waals surface area contributed by atoms with Gasteiger partial charge >= 0.3 is 0 Å². The molecule has 1 aromatic rings. The Bertz CT molecular complexity index is 389. The van der Waals surface area contributed by atoms with E-state index in [1.54, 1.807) is 12.1 Å². The maximum Gasteiger partial charge on any atom is 0.285 e. The molecule has 100 valence electrons. The molecule has 0 aliphatic heterocycles.